The molecule has 2 heterocycles. The molecule has 0 aromatic rings. The zero-order valence-electron chi connectivity index (χ0n) is 14.6. The second-order valence-corrected chi connectivity index (χ2v) is 6.14. The van der Waals surface area contributed by atoms with Crippen molar-refractivity contribution in [2.75, 3.05) is 32.9 Å². The Morgan fingerprint density at radius 3 is 1.74 bits per heavy atom. The van der Waals surface area contributed by atoms with Crippen LogP contribution in [0.3, 0.4) is 0 Å². The summed E-state index contributed by atoms with van der Waals surface area (Å²) in [6.07, 6.45) is -12.7. The highest BCUT2D eigenvalue weighted by molar-refractivity contribution is 4.98. The third kappa shape index (κ3) is 5.30. The number of aliphatic hydroxyl groups excluding tert-OH is 8. The summed E-state index contributed by atoms with van der Waals surface area (Å²) in [5, 5.41) is 76.7. The summed E-state index contributed by atoms with van der Waals surface area (Å²) in [6, 6.07) is 0. The van der Waals surface area contributed by atoms with E-state index in [-0.39, 0.29) is 0 Å². The Labute approximate surface area is 155 Å². The monoisotopic (exact) mass is 402 g/mol. The summed E-state index contributed by atoms with van der Waals surface area (Å²) in [5.41, 5.74) is 9.81. The maximum Gasteiger partial charge on any atom is 0.224 e. The molecule has 2 saturated heterocycles. The number of aliphatic hydroxyl groups is 8. The van der Waals surface area contributed by atoms with Gasteiger partial charge in [0, 0.05) is 13.1 Å². The van der Waals surface area contributed by atoms with E-state index >= 15 is 0 Å². The number of rotatable bonds is 6. The molecule has 13 heteroatoms. The molecule has 12 N–H and O–H groups in total. The van der Waals surface area contributed by atoms with E-state index in [4.69, 9.17) is 35.9 Å². The lowest BCUT2D eigenvalue weighted by atomic mass is 9.99. The molecule has 9 atom stereocenters. The minimum atomic E-state index is -2.22. The van der Waals surface area contributed by atoms with Crippen LogP contribution in [0.15, 0.2) is 0 Å². The predicted molar refractivity (Wildman–Crippen MR) is 86.8 cm³/mol. The third-order valence-electron chi connectivity index (χ3n) is 4.24. The van der Waals surface area contributed by atoms with Crippen LogP contribution in [0.5, 0.6) is 0 Å². The number of hydrogen-bond donors (Lipinski definition) is 10. The highest BCUT2D eigenvalue weighted by Crippen LogP contribution is 2.35. The van der Waals surface area contributed by atoms with Crippen molar-refractivity contribution in [3.05, 3.63) is 0 Å². The van der Waals surface area contributed by atoms with Crippen molar-refractivity contribution in [3.8, 4) is 0 Å². The Hall–Kier alpha value is -0.520. The summed E-state index contributed by atoms with van der Waals surface area (Å²) in [4.78, 5) is 0. The minimum absolute atomic E-state index is 0.597. The van der Waals surface area contributed by atoms with Crippen LogP contribution in [0.2, 0.25) is 0 Å². The zero-order chi connectivity index (χ0) is 20.8. The summed E-state index contributed by atoms with van der Waals surface area (Å²) in [7, 11) is 0. The Morgan fingerprint density at radius 1 is 0.778 bits per heavy atom. The van der Waals surface area contributed by atoms with Crippen molar-refractivity contribution in [1.82, 2.24) is 0 Å². The fourth-order valence-electron chi connectivity index (χ4n) is 2.63. The molecule has 0 saturated carbocycles. The summed E-state index contributed by atoms with van der Waals surface area (Å²) in [5.74, 6) is -2.22. The molecule has 0 aromatic carbocycles. The summed E-state index contributed by atoms with van der Waals surface area (Å²) in [6.45, 7) is -1.13. The maximum absolute atomic E-state index is 10.00. The molecule has 0 amide bonds. The van der Waals surface area contributed by atoms with E-state index in [1.165, 1.54) is 0 Å². The first-order valence-corrected chi connectivity index (χ1v) is 8.37. The van der Waals surface area contributed by atoms with Crippen molar-refractivity contribution in [3.63, 3.8) is 0 Å². The van der Waals surface area contributed by atoms with Crippen LogP contribution in [-0.2, 0) is 14.2 Å². The van der Waals surface area contributed by atoms with Crippen LogP contribution in [0.4, 0.5) is 0 Å². The Kier molecular flexibility index (Phi) is 9.87. The van der Waals surface area contributed by atoms with E-state index in [2.05, 4.69) is 0 Å². The highest BCUT2D eigenvalue weighted by atomic mass is 16.8. The zero-order valence-corrected chi connectivity index (χ0v) is 14.6. The molecule has 13 nitrogen and oxygen atoms in total. The van der Waals surface area contributed by atoms with Gasteiger partial charge >= 0.3 is 0 Å². The molecule has 2 aliphatic rings. The van der Waals surface area contributed by atoms with Crippen LogP contribution in [0, 0.1) is 0 Å². The van der Waals surface area contributed by atoms with Gasteiger partial charge in [0.25, 0.3) is 0 Å². The van der Waals surface area contributed by atoms with Gasteiger partial charge in [-0.05, 0) is 0 Å². The standard InChI is InChI=1S/C12H22O11.C2H8N2/c13-1-4-6(16)8(18)9(19)11(21-4)23-12(3-15)10(20)7(17)5(2-14)22-12;3-1-2-4/h4-11,13-20H,1-3H2;1-4H2/t4-,5-,6-,7-,8+,9-,10+,11-,12+;/m1./s1. The lowest BCUT2D eigenvalue weighted by Gasteiger charge is -2.43. The molecule has 0 bridgehead atoms. The third-order valence-corrected chi connectivity index (χ3v) is 4.24. The van der Waals surface area contributed by atoms with Gasteiger partial charge in [-0.3, -0.25) is 0 Å². The SMILES string of the molecule is NCCN.OC[C@H]1O[C@@](CO)(O[C@H]2O[C@H](CO)[C@@H](O)[C@H](O)[C@H]2O)[C@@H](O)[C@@H]1O. The van der Waals surface area contributed by atoms with Crippen molar-refractivity contribution >= 4 is 0 Å². The van der Waals surface area contributed by atoms with E-state index in [1.54, 1.807) is 0 Å². The van der Waals surface area contributed by atoms with E-state index < -0.39 is 74.6 Å². The molecular weight excluding hydrogens is 372 g/mol. The summed E-state index contributed by atoms with van der Waals surface area (Å²) >= 11 is 0. The lowest BCUT2D eigenvalue weighted by Crippen LogP contribution is -2.62. The van der Waals surface area contributed by atoms with Crippen LogP contribution < -0.4 is 11.5 Å². The van der Waals surface area contributed by atoms with Gasteiger partial charge in [-0.15, -0.1) is 0 Å². The van der Waals surface area contributed by atoms with Crippen molar-refractivity contribution < 1.29 is 55.1 Å². The summed E-state index contributed by atoms with van der Waals surface area (Å²) < 4.78 is 15.4. The molecule has 2 rings (SSSR count). The van der Waals surface area contributed by atoms with Gasteiger partial charge in [0.2, 0.25) is 5.79 Å². The van der Waals surface area contributed by atoms with Gasteiger partial charge in [-0.2, -0.15) is 0 Å². The smallest absolute Gasteiger partial charge is 0.224 e. The van der Waals surface area contributed by atoms with Crippen molar-refractivity contribution in [1.29, 1.82) is 0 Å². The second-order valence-electron chi connectivity index (χ2n) is 6.14. The quantitative estimate of drug-likeness (QED) is 0.199. The molecule has 162 valence electrons. The number of hydrogen-bond acceptors (Lipinski definition) is 13. The largest absolute Gasteiger partial charge is 0.394 e. The first-order chi connectivity index (χ1) is 12.7. The second kappa shape index (κ2) is 10.9. The first kappa shape index (κ1) is 24.5. The van der Waals surface area contributed by atoms with Crippen LogP contribution in [0.25, 0.3) is 0 Å². The van der Waals surface area contributed by atoms with E-state index in [9.17, 15) is 30.6 Å². The molecule has 0 radical (unpaired) electrons. The van der Waals surface area contributed by atoms with Crippen LogP contribution in [-0.4, -0.2) is 129 Å². The predicted octanol–water partition coefficient (Wildman–Crippen LogP) is -6.49. The lowest BCUT2D eigenvalue weighted by molar-refractivity contribution is -0.383. The molecule has 2 fully saturated rings. The molecule has 2 aliphatic heterocycles. The van der Waals surface area contributed by atoms with Crippen molar-refractivity contribution in [2.45, 2.75) is 54.8 Å². The Morgan fingerprint density at radius 2 is 1.33 bits per heavy atom. The average molecular weight is 402 g/mol. The normalized spacial score (nSPS) is 44.7. The van der Waals surface area contributed by atoms with E-state index in [1.807, 2.05) is 0 Å². The number of nitrogens with two attached hydrogens (primary N) is 2. The maximum atomic E-state index is 10.00. The van der Waals surface area contributed by atoms with Crippen molar-refractivity contribution in [2.24, 2.45) is 11.5 Å². The minimum Gasteiger partial charge on any atom is -0.394 e. The van der Waals surface area contributed by atoms with Gasteiger partial charge in [-0.25, -0.2) is 0 Å². The van der Waals surface area contributed by atoms with Gasteiger partial charge in [-0.1, -0.05) is 0 Å². The molecule has 0 unspecified atom stereocenters. The fourth-order valence-corrected chi connectivity index (χ4v) is 2.63. The fraction of sp³-hybridized carbons (Fsp3) is 1.00. The molecule has 27 heavy (non-hydrogen) atoms. The first-order valence-electron chi connectivity index (χ1n) is 8.37. The van der Waals surface area contributed by atoms with Gasteiger partial charge in [0.1, 0.15) is 49.3 Å². The highest BCUT2D eigenvalue weighted by Gasteiger charge is 2.58. The molecule has 0 aromatic heterocycles. The topological polar surface area (TPSA) is 242 Å². The Bertz CT molecular complexity index is 430. The Balaban J connectivity index is 0.000000828. The van der Waals surface area contributed by atoms with Gasteiger partial charge in [0.05, 0.1) is 13.2 Å². The van der Waals surface area contributed by atoms with E-state index in [0.29, 0.717) is 13.1 Å². The average Bonchev–Trinajstić information content (AvgIpc) is 2.93. The van der Waals surface area contributed by atoms with E-state index in [0.717, 1.165) is 0 Å². The van der Waals surface area contributed by atoms with Gasteiger partial charge < -0.3 is 66.5 Å². The number of ether oxygens (including phenoxy) is 3. The molecular formula is C14H30N2O11. The molecule has 0 aliphatic carbocycles. The van der Waals surface area contributed by atoms with Crippen LogP contribution in [0.1, 0.15) is 0 Å². The van der Waals surface area contributed by atoms with Crippen LogP contribution >= 0.6 is 0 Å². The van der Waals surface area contributed by atoms with Gasteiger partial charge in [0.15, 0.2) is 6.29 Å². The molecule has 0 spiro atoms.